The zero-order chi connectivity index (χ0) is 25.3. The predicted octanol–water partition coefficient (Wildman–Crippen LogP) is 7.28. The molecule has 1 amide bonds. The Bertz CT molecular complexity index is 1330. The topological polar surface area (TPSA) is 62.4 Å². The molecule has 182 valence electrons. The van der Waals surface area contributed by atoms with Crippen molar-refractivity contribution in [2.45, 2.75) is 17.1 Å². The molecule has 1 unspecified atom stereocenters. The first-order valence-electron chi connectivity index (χ1n) is 11.4. The molecule has 0 aliphatic heterocycles. The Hall–Kier alpha value is -3.81. The van der Waals surface area contributed by atoms with E-state index in [1.165, 1.54) is 11.8 Å². The molecule has 5 nitrogen and oxygen atoms in total. The number of nitrogens with one attached hydrogen (secondary N) is 3. The lowest BCUT2D eigenvalue weighted by molar-refractivity contribution is -0.115. The maximum Gasteiger partial charge on any atom is 0.242 e. The number of thiocarbonyl (C=S) groups is 1. The van der Waals surface area contributed by atoms with E-state index in [1.807, 2.05) is 110 Å². The van der Waals surface area contributed by atoms with Gasteiger partial charge in [-0.1, -0.05) is 66.2 Å². The highest BCUT2D eigenvalue weighted by Gasteiger charge is 2.22. The van der Waals surface area contributed by atoms with Crippen molar-refractivity contribution in [1.82, 2.24) is 0 Å². The molecule has 7 heteroatoms. The first kappa shape index (κ1) is 25.3. The van der Waals surface area contributed by atoms with Crippen LogP contribution in [0.5, 0.6) is 5.75 Å². The fourth-order valence-corrected chi connectivity index (χ4v) is 4.87. The van der Waals surface area contributed by atoms with Gasteiger partial charge in [-0.05, 0) is 67.2 Å². The first-order chi connectivity index (χ1) is 17.5. The molecule has 4 rings (SSSR count). The number of carbonyl (C=O) groups is 1. The lowest BCUT2D eigenvalue weighted by Gasteiger charge is -2.18. The highest BCUT2D eigenvalue weighted by molar-refractivity contribution is 8.00. The number of hydrogen-bond donors (Lipinski definition) is 3. The Balaban J connectivity index is 1.49. The Morgan fingerprint density at radius 2 is 1.53 bits per heavy atom. The van der Waals surface area contributed by atoms with Gasteiger partial charge in [0, 0.05) is 16.3 Å². The molecule has 0 radical (unpaired) electrons. The number of amides is 1. The fraction of sp³-hybridized carbons (Fsp3) is 0.103. The standard InChI is InChI=1S/C29H27N3O2S2/c1-20-15-17-22(18-16-20)30-28(33)27(21-9-4-3-5-10-21)36-24-12-8-11-23(19-24)31-29(35)32-25-13-6-7-14-26(25)34-2/h3-19,27H,1-2H3,(H,30,33)(H2,31,32,35). The van der Waals surface area contributed by atoms with Crippen LogP contribution in [0.25, 0.3) is 0 Å². The predicted molar refractivity (Wildman–Crippen MR) is 154 cm³/mol. The van der Waals surface area contributed by atoms with Gasteiger partial charge in [-0.25, -0.2) is 0 Å². The van der Waals surface area contributed by atoms with Gasteiger partial charge in [0.15, 0.2) is 5.11 Å². The van der Waals surface area contributed by atoms with Crippen LogP contribution in [0.2, 0.25) is 0 Å². The van der Waals surface area contributed by atoms with Crippen LogP contribution >= 0.6 is 24.0 Å². The lowest BCUT2D eigenvalue weighted by atomic mass is 10.1. The third-order valence-electron chi connectivity index (χ3n) is 5.36. The van der Waals surface area contributed by atoms with Crippen molar-refractivity contribution in [3.63, 3.8) is 0 Å². The summed E-state index contributed by atoms with van der Waals surface area (Å²) in [6.07, 6.45) is 0. The van der Waals surface area contributed by atoms with Gasteiger partial charge < -0.3 is 20.7 Å². The molecule has 36 heavy (non-hydrogen) atoms. The molecular formula is C29H27N3O2S2. The molecule has 0 heterocycles. The Labute approximate surface area is 221 Å². The smallest absolute Gasteiger partial charge is 0.242 e. The first-order valence-corrected chi connectivity index (χ1v) is 12.7. The van der Waals surface area contributed by atoms with E-state index >= 15 is 0 Å². The van der Waals surface area contributed by atoms with E-state index in [2.05, 4.69) is 16.0 Å². The number of anilines is 3. The average molecular weight is 514 g/mol. The third-order valence-corrected chi connectivity index (χ3v) is 6.81. The van der Waals surface area contributed by atoms with Crippen molar-refractivity contribution in [1.29, 1.82) is 0 Å². The van der Waals surface area contributed by atoms with Gasteiger partial charge in [-0.3, -0.25) is 4.79 Å². The number of rotatable bonds is 8. The maximum atomic E-state index is 13.3. The van der Waals surface area contributed by atoms with Gasteiger partial charge in [0.05, 0.1) is 12.8 Å². The molecule has 0 saturated heterocycles. The van der Waals surface area contributed by atoms with Crippen molar-refractivity contribution >= 4 is 52.1 Å². The molecular weight excluding hydrogens is 486 g/mol. The summed E-state index contributed by atoms with van der Waals surface area (Å²) in [7, 11) is 1.62. The molecule has 0 aliphatic carbocycles. The van der Waals surface area contributed by atoms with Crippen LogP contribution in [0.1, 0.15) is 16.4 Å². The number of hydrogen-bond acceptors (Lipinski definition) is 4. The minimum absolute atomic E-state index is 0.0817. The van der Waals surface area contributed by atoms with Crippen LogP contribution in [0, 0.1) is 6.92 Å². The quantitative estimate of drug-likeness (QED) is 0.170. The average Bonchev–Trinajstić information content (AvgIpc) is 2.89. The number of benzene rings is 4. The van der Waals surface area contributed by atoms with Crippen LogP contribution in [-0.4, -0.2) is 18.1 Å². The van der Waals surface area contributed by atoms with Gasteiger partial charge in [0.1, 0.15) is 11.0 Å². The summed E-state index contributed by atoms with van der Waals surface area (Å²) in [6.45, 7) is 2.02. The molecule has 4 aromatic rings. The van der Waals surface area contributed by atoms with Gasteiger partial charge in [-0.15, -0.1) is 11.8 Å². The molecule has 4 aromatic carbocycles. The zero-order valence-corrected chi connectivity index (χ0v) is 21.7. The molecule has 0 saturated carbocycles. The summed E-state index contributed by atoms with van der Waals surface area (Å²) in [5, 5.41) is 9.46. The van der Waals surface area contributed by atoms with Gasteiger partial charge >= 0.3 is 0 Å². The van der Waals surface area contributed by atoms with E-state index in [0.29, 0.717) is 10.9 Å². The molecule has 0 fully saturated rings. The van der Waals surface area contributed by atoms with E-state index < -0.39 is 5.25 Å². The van der Waals surface area contributed by atoms with Crippen LogP contribution in [0.15, 0.2) is 108 Å². The van der Waals surface area contributed by atoms with Crippen molar-refractivity contribution in [3.8, 4) is 5.75 Å². The van der Waals surface area contributed by atoms with Gasteiger partial charge in [0.2, 0.25) is 5.91 Å². The van der Waals surface area contributed by atoms with E-state index in [9.17, 15) is 4.79 Å². The Kier molecular flexibility index (Phi) is 8.60. The van der Waals surface area contributed by atoms with Crippen LogP contribution < -0.4 is 20.7 Å². The minimum atomic E-state index is -0.429. The van der Waals surface area contributed by atoms with E-state index in [0.717, 1.165) is 33.1 Å². The van der Waals surface area contributed by atoms with E-state index in [-0.39, 0.29) is 5.91 Å². The van der Waals surface area contributed by atoms with E-state index in [4.69, 9.17) is 17.0 Å². The number of methoxy groups -OCH3 is 1. The Morgan fingerprint density at radius 3 is 2.28 bits per heavy atom. The number of para-hydroxylation sites is 2. The number of aryl methyl sites for hydroxylation is 1. The lowest BCUT2D eigenvalue weighted by Crippen LogP contribution is -2.20. The van der Waals surface area contributed by atoms with Crippen LogP contribution in [0.3, 0.4) is 0 Å². The molecule has 3 N–H and O–H groups in total. The number of carbonyl (C=O) groups excluding carboxylic acids is 1. The van der Waals surface area contributed by atoms with Crippen LogP contribution in [-0.2, 0) is 4.79 Å². The normalized spacial score (nSPS) is 11.3. The number of ether oxygens (including phenoxy) is 1. The third kappa shape index (κ3) is 6.87. The second kappa shape index (κ2) is 12.2. The summed E-state index contributed by atoms with van der Waals surface area (Å²) >= 11 is 7.00. The van der Waals surface area contributed by atoms with Gasteiger partial charge in [-0.2, -0.15) is 0 Å². The molecule has 0 spiro atoms. The SMILES string of the molecule is COc1ccccc1NC(=S)Nc1cccc(SC(C(=O)Nc2ccc(C)cc2)c2ccccc2)c1. The summed E-state index contributed by atoms with van der Waals surface area (Å²) in [4.78, 5) is 14.3. The van der Waals surface area contributed by atoms with E-state index in [1.54, 1.807) is 7.11 Å². The summed E-state index contributed by atoms with van der Waals surface area (Å²) < 4.78 is 5.38. The largest absolute Gasteiger partial charge is 0.495 e. The molecule has 1 atom stereocenters. The second-order valence-electron chi connectivity index (χ2n) is 8.07. The summed E-state index contributed by atoms with van der Waals surface area (Å²) in [5.41, 5.74) is 4.44. The molecule has 0 aromatic heterocycles. The minimum Gasteiger partial charge on any atom is -0.495 e. The van der Waals surface area contributed by atoms with Gasteiger partial charge in [0.25, 0.3) is 0 Å². The molecule has 0 bridgehead atoms. The second-order valence-corrected chi connectivity index (χ2v) is 9.66. The van der Waals surface area contributed by atoms with Crippen molar-refractivity contribution < 1.29 is 9.53 Å². The van der Waals surface area contributed by atoms with Crippen molar-refractivity contribution in [3.05, 3.63) is 114 Å². The van der Waals surface area contributed by atoms with Crippen LogP contribution in [0.4, 0.5) is 17.1 Å². The van der Waals surface area contributed by atoms with Crippen molar-refractivity contribution in [2.24, 2.45) is 0 Å². The Morgan fingerprint density at radius 1 is 0.806 bits per heavy atom. The monoisotopic (exact) mass is 513 g/mol. The van der Waals surface area contributed by atoms with Crippen molar-refractivity contribution in [2.75, 3.05) is 23.1 Å². The highest BCUT2D eigenvalue weighted by Crippen LogP contribution is 2.37. The summed E-state index contributed by atoms with van der Waals surface area (Å²) in [6, 6.07) is 33.0. The highest BCUT2D eigenvalue weighted by atomic mass is 32.2. The molecule has 0 aliphatic rings. The summed E-state index contributed by atoms with van der Waals surface area (Å²) in [5.74, 6) is 0.623. The maximum absolute atomic E-state index is 13.3. The fourth-order valence-electron chi connectivity index (χ4n) is 3.56. The zero-order valence-electron chi connectivity index (χ0n) is 20.0. The number of thioether (sulfide) groups is 1.